The molecular formula is C17H21BrN2O. The third kappa shape index (κ3) is 3.69. The fourth-order valence-corrected chi connectivity index (χ4v) is 3.30. The first kappa shape index (κ1) is 14.7. The van der Waals surface area contributed by atoms with Gasteiger partial charge in [0.2, 0.25) is 0 Å². The van der Waals surface area contributed by atoms with Crippen LogP contribution < -0.4 is 10.6 Å². The third-order valence-corrected chi connectivity index (χ3v) is 4.41. The molecule has 2 aromatic rings. The third-order valence-electron chi connectivity index (χ3n) is 3.77. The predicted octanol–water partition coefficient (Wildman–Crippen LogP) is 4.10. The Morgan fingerprint density at radius 2 is 2.19 bits per heavy atom. The van der Waals surface area contributed by atoms with E-state index in [1.54, 1.807) is 6.26 Å². The van der Waals surface area contributed by atoms with E-state index in [1.165, 1.54) is 24.1 Å². The first-order chi connectivity index (χ1) is 10.1. The Bertz CT molecular complexity index is 591. The van der Waals surface area contributed by atoms with Gasteiger partial charge in [-0.25, -0.2) is 0 Å². The van der Waals surface area contributed by atoms with Crippen molar-refractivity contribution in [2.75, 3.05) is 4.90 Å². The van der Waals surface area contributed by atoms with E-state index in [1.807, 2.05) is 19.1 Å². The van der Waals surface area contributed by atoms with Crippen molar-refractivity contribution in [3.05, 3.63) is 52.4 Å². The Hall–Kier alpha value is -1.26. The molecule has 0 aliphatic heterocycles. The summed E-state index contributed by atoms with van der Waals surface area (Å²) in [6, 6.07) is 11.4. The van der Waals surface area contributed by atoms with Gasteiger partial charge < -0.3 is 15.1 Å². The number of nitrogens with zero attached hydrogens (tertiary/aromatic N) is 1. The Labute approximate surface area is 134 Å². The number of halogens is 1. The topological polar surface area (TPSA) is 42.4 Å². The Morgan fingerprint density at radius 1 is 1.38 bits per heavy atom. The molecule has 4 heteroatoms. The Kier molecular flexibility index (Phi) is 4.36. The second-order valence-electron chi connectivity index (χ2n) is 5.91. The molecule has 1 heterocycles. The van der Waals surface area contributed by atoms with Crippen LogP contribution in [0, 0.1) is 0 Å². The highest BCUT2D eigenvalue weighted by atomic mass is 79.9. The number of furan rings is 1. The molecule has 3 rings (SSSR count). The van der Waals surface area contributed by atoms with Gasteiger partial charge in [-0.2, -0.15) is 0 Å². The standard InChI is InChI=1S/C17H21BrN2O/c1-12(19)9-13-4-7-17(16(18)10-13)20(14-5-6-14)11-15-3-2-8-21-15/h2-4,7-8,10,12,14H,5-6,9,11,19H2,1H3. The van der Waals surface area contributed by atoms with Crippen LogP contribution in [0.15, 0.2) is 45.5 Å². The lowest BCUT2D eigenvalue weighted by molar-refractivity contribution is 0.501. The maximum Gasteiger partial charge on any atom is 0.123 e. The summed E-state index contributed by atoms with van der Waals surface area (Å²) >= 11 is 3.72. The van der Waals surface area contributed by atoms with Crippen LogP contribution in [0.5, 0.6) is 0 Å². The molecule has 0 amide bonds. The van der Waals surface area contributed by atoms with Crippen LogP contribution in [0.3, 0.4) is 0 Å². The van der Waals surface area contributed by atoms with Crippen molar-refractivity contribution >= 4 is 21.6 Å². The lowest BCUT2D eigenvalue weighted by Crippen LogP contribution is -2.25. The minimum absolute atomic E-state index is 0.186. The van der Waals surface area contributed by atoms with Crippen molar-refractivity contribution in [3.63, 3.8) is 0 Å². The van der Waals surface area contributed by atoms with Gasteiger partial charge >= 0.3 is 0 Å². The summed E-state index contributed by atoms with van der Waals surface area (Å²) in [6.07, 6.45) is 5.16. The monoisotopic (exact) mass is 348 g/mol. The van der Waals surface area contributed by atoms with Crippen molar-refractivity contribution in [3.8, 4) is 0 Å². The lowest BCUT2D eigenvalue weighted by atomic mass is 10.1. The van der Waals surface area contributed by atoms with Crippen molar-refractivity contribution in [1.29, 1.82) is 0 Å². The molecule has 112 valence electrons. The van der Waals surface area contributed by atoms with Crippen molar-refractivity contribution in [2.24, 2.45) is 5.73 Å². The Morgan fingerprint density at radius 3 is 2.76 bits per heavy atom. The molecule has 1 aromatic heterocycles. The van der Waals surface area contributed by atoms with Crippen molar-refractivity contribution < 1.29 is 4.42 Å². The first-order valence-corrected chi connectivity index (χ1v) is 8.26. The highest BCUT2D eigenvalue weighted by Gasteiger charge is 2.30. The van der Waals surface area contributed by atoms with Gasteiger partial charge in [-0.15, -0.1) is 0 Å². The average molecular weight is 349 g/mol. The van der Waals surface area contributed by atoms with Crippen LogP contribution in [-0.2, 0) is 13.0 Å². The summed E-state index contributed by atoms with van der Waals surface area (Å²) in [7, 11) is 0. The normalized spacial score (nSPS) is 16.0. The maximum absolute atomic E-state index is 5.88. The van der Waals surface area contributed by atoms with Gasteiger partial charge in [0, 0.05) is 16.6 Å². The molecule has 0 saturated heterocycles. The van der Waals surface area contributed by atoms with Crippen LogP contribution >= 0.6 is 15.9 Å². The summed E-state index contributed by atoms with van der Waals surface area (Å²) in [5.74, 6) is 1.01. The molecule has 21 heavy (non-hydrogen) atoms. The summed E-state index contributed by atoms with van der Waals surface area (Å²) in [6.45, 7) is 2.86. The minimum Gasteiger partial charge on any atom is -0.467 e. The summed E-state index contributed by atoms with van der Waals surface area (Å²) in [4.78, 5) is 2.43. The predicted molar refractivity (Wildman–Crippen MR) is 89.4 cm³/mol. The smallest absolute Gasteiger partial charge is 0.123 e. The zero-order valence-corrected chi connectivity index (χ0v) is 13.8. The number of nitrogens with two attached hydrogens (primary N) is 1. The van der Waals surface area contributed by atoms with E-state index in [2.05, 4.69) is 39.0 Å². The van der Waals surface area contributed by atoms with Crippen LogP contribution in [0.25, 0.3) is 0 Å². The van der Waals surface area contributed by atoms with E-state index in [-0.39, 0.29) is 6.04 Å². The molecule has 1 aliphatic rings. The van der Waals surface area contributed by atoms with E-state index in [9.17, 15) is 0 Å². The van der Waals surface area contributed by atoms with Crippen LogP contribution in [0.2, 0.25) is 0 Å². The van der Waals surface area contributed by atoms with Gasteiger partial charge in [0.1, 0.15) is 5.76 Å². The minimum atomic E-state index is 0.186. The van der Waals surface area contributed by atoms with Gasteiger partial charge in [-0.3, -0.25) is 0 Å². The van der Waals surface area contributed by atoms with E-state index in [4.69, 9.17) is 10.2 Å². The van der Waals surface area contributed by atoms with E-state index < -0.39 is 0 Å². The van der Waals surface area contributed by atoms with E-state index in [0.717, 1.165) is 23.2 Å². The number of anilines is 1. The molecule has 0 bridgehead atoms. The number of hydrogen-bond acceptors (Lipinski definition) is 3. The van der Waals surface area contributed by atoms with Gasteiger partial charge in [0.15, 0.2) is 0 Å². The van der Waals surface area contributed by atoms with E-state index in [0.29, 0.717) is 6.04 Å². The van der Waals surface area contributed by atoms with Crippen LogP contribution in [-0.4, -0.2) is 12.1 Å². The van der Waals surface area contributed by atoms with E-state index >= 15 is 0 Å². The van der Waals surface area contributed by atoms with Crippen LogP contribution in [0.1, 0.15) is 31.1 Å². The second kappa shape index (κ2) is 6.24. The first-order valence-electron chi connectivity index (χ1n) is 7.46. The molecule has 1 aliphatic carbocycles. The average Bonchev–Trinajstić information content (AvgIpc) is 3.14. The summed E-state index contributed by atoms with van der Waals surface area (Å²) < 4.78 is 6.64. The van der Waals surface area contributed by atoms with Crippen molar-refractivity contribution in [2.45, 2.75) is 44.8 Å². The molecule has 1 saturated carbocycles. The van der Waals surface area contributed by atoms with Crippen LogP contribution in [0.4, 0.5) is 5.69 Å². The SMILES string of the molecule is CC(N)Cc1ccc(N(Cc2ccco2)C2CC2)c(Br)c1. The quantitative estimate of drug-likeness (QED) is 0.854. The molecule has 2 N–H and O–H groups in total. The highest BCUT2D eigenvalue weighted by Crippen LogP contribution is 2.37. The largest absolute Gasteiger partial charge is 0.467 e. The molecule has 1 atom stereocenters. The maximum atomic E-state index is 5.88. The fraction of sp³-hybridized carbons (Fsp3) is 0.412. The van der Waals surface area contributed by atoms with Gasteiger partial charge in [-0.1, -0.05) is 6.07 Å². The van der Waals surface area contributed by atoms with Gasteiger partial charge in [-0.05, 0) is 71.9 Å². The Balaban J connectivity index is 1.82. The molecule has 0 radical (unpaired) electrons. The lowest BCUT2D eigenvalue weighted by Gasteiger charge is -2.25. The zero-order valence-electron chi connectivity index (χ0n) is 12.3. The summed E-state index contributed by atoms with van der Waals surface area (Å²) in [5, 5.41) is 0. The number of benzene rings is 1. The molecule has 0 spiro atoms. The van der Waals surface area contributed by atoms with Gasteiger partial charge in [0.05, 0.1) is 18.5 Å². The summed E-state index contributed by atoms with van der Waals surface area (Å²) in [5.41, 5.74) is 8.39. The molecule has 3 nitrogen and oxygen atoms in total. The fourth-order valence-electron chi connectivity index (χ4n) is 2.65. The highest BCUT2D eigenvalue weighted by molar-refractivity contribution is 9.10. The molecule has 1 fully saturated rings. The molecule has 1 unspecified atom stereocenters. The van der Waals surface area contributed by atoms with Gasteiger partial charge in [0.25, 0.3) is 0 Å². The zero-order chi connectivity index (χ0) is 14.8. The van der Waals surface area contributed by atoms with Crippen molar-refractivity contribution in [1.82, 2.24) is 0 Å². The second-order valence-corrected chi connectivity index (χ2v) is 6.76. The molecular weight excluding hydrogens is 328 g/mol. The number of rotatable bonds is 6. The number of hydrogen-bond donors (Lipinski definition) is 1. The molecule has 1 aromatic carbocycles.